The second-order valence-corrected chi connectivity index (χ2v) is 6.05. The predicted molar refractivity (Wildman–Crippen MR) is 82.9 cm³/mol. The number of carbonyl (C=O) groups excluding carboxylic acids is 1. The van der Waals surface area contributed by atoms with E-state index in [1.807, 2.05) is 19.1 Å². The summed E-state index contributed by atoms with van der Waals surface area (Å²) in [6.45, 7) is 4.83. The predicted octanol–water partition coefficient (Wildman–Crippen LogP) is 2.89. The van der Waals surface area contributed by atoms with Crippen molar-refractivity contribution in [3.8, 4) is 0 Å². The highest BCUT2D eigenvalue weighted by atomic mass is 32.2. The van der Waals surface area contributed by atoms with E-state index >= 15 is 0 Å². The first kappa shape index (κ1) is 17.0. The third-order valence-corrected chi connectivity index (χ3v) is 4.24. The molecule has 0 amide bonds. The molecule has 1 unspecified atom stereocenters. The molecule has 5 heteroatoms. The Morgan fingerprint density at radius 3 is 2.75 bits per heavy atom. The van der Waals surface area contributed by atoms with Crippen LogP contribution >= 0.6 is 11.8 Å². The molecule has 0 aliphatic heterocycles. The number of hydrogen-bond donors (Lipinski definition) is 1. The fraction of sp³-hybridized carbons (Fsp3) is 0.600. The molecular weight excluding hydrogens is 272 g/mol. The van der Waals surface area contributed by atoms with Gasteiger partial charge in [0.15, 0.2) is 0 Å². The molecule has 1 rings (SSSR count). The maximum Gasteiger partial charge on any atom is 0.325 e. The van der Waals surface area contributed by atoms with Crippen LogP contribution in [0.3, 0.4) is 0 Å². The number of thioether (sulfide) groups is 1. The van der Waals surface area contributed by atoms with Crippen molar-refractivity contribution in [2.75, 3.05) is 19.4 Å². The Hall–Kier alpha value is -1.07. The van der Waals surface area contributed by atoms with Crippen molar-refractivity contribution in [3.05, 3.63) is 24.5 Å². The molecule has 112 valence electrons. The maximum absolute atomic E-state index is 11.9. The van der Waals surface area contributed by atoms with E-state index in [1.54, 1.807) is 24.2 Å². The molecule has 1 aromatic heterocycles. The van der Waals surface area contributed by atoms with Gasteiger partial charge in [0.25, 0.3) is 0 Å². The van der Waals surface area contributed by atoms with Crippen molar-refractivity contribution >= 4 is 17.7 Å². The van der Waals surface area contributed by atoms with Crippen LogP contribution in [0.4, 0.5) is 0 Å². The van der Waals surface area contributed by atoms with Gasteiger partial charge in [-0.3, -0.25) is 9.78 Å². The topological polar surface area (TPSA) is 51.2 Å². The van der Waals surface area contributed by atoms with Crippen LogP contribution in [0.15, 0.2) is 29.4 Å². The Morgan fingerprint density at radius 2 is 2.15 bits per heavy atom. The third-order valence-electron chi connectivity index (χ3n) is 3.14. The van der Waals surface area contributed by atoms with Gasteiger partial charge in [0.1, 0.15) is 5.54 Å². The normalized spacial score (nSPS) is 13.8. The summed E-state index contributed by atoms with van der Waals surface area (Å²) < 4.78 is 4.91. The first-order chi connectivity index (χ1) is 9.62. The molecule has 1 aromatic rings. The van der Waals surface area contributed by atoms with Crippen molar-refractivity contribution in [3.63, 3.8) is 0 Å². The molecule has 0 aromatic carbocycles. The van der Waals surface area contributed by atoms with Gasteiger partial charge in [-0.2, -0.15) is 0 Å². The molecular formula is C15H24N2O2S. The molecule has 0 saturated heterocycles. The van der Waals surface area contributed by atoms with Crippen molar-refractivity contribution in [1.82, 2.24) is 10.3 Å². The molecule has 0 spiro atoms. The quantitative estimate of drug-likeness (QED) is 0.431. The number of methoxy groups -OCH3 is 1. The van der Waals surface area contributed by atoms with Gasteiger partial charge in [-0.1, -0.05) is 6.92 Å². The number of esters is 1. The second-order valence-electron chi connectivity index (χ2n) is 4.89. The minimum absolute atomic E-state index is 0.181. The SMILES string of the molecule is CCCNC(C)(CCCSc1ccncc1)C(=O)OC. The van der Waals surface area contributed by atoms with Crippen LogP contribution < -0.4 is 5.32 Å². The molecule has 0 bridgehead atoms. The summed E-state index contributed by atoms with van der Waals surface area (Å²) in [7, 11) is 1.44. The van der Waals surface area contributed by atoms with Gasteiger partial charge in [0, 0.05) is 17.3 Å². The summed E-state index contributed by atoms with van der Waals surface area (Å²) in [5, 5.41) is 3.30. The molecule has 1 N–H and O–H groups in total. The van der Waals surface area contributed by atoms with Crippen LogP contribution in [0.1, 0.15) is 33.1 Å². The molecule has 0 fully saturated rings. The number of pyridine rings is 1. The second kappa shape index (κ2) is 8.97. The van der Waals surface area contributed by atoms with Crippen molar-refractivity contribution in [2.45, 2.75) is 43.5 Å². The lowest BCUT2D eigenvalue weighted by Gasteiger charge is -2.28. The van der Waals surface area contributed by atoms with Crippen LogP contribution in [-0.2, 0) is 9.53 Å². The van der Waals surface area contributed by atoms with Crippen molar-refractivity contribution < 1.29 is 9.53 Å². The van der Waals surface area contributed by atoms with Crippen LogP contribution in [0.5, 0.6) is 0 Å². The highest BCUT2D eigenvalue weighted by Crippen LogP contribution is 2.21. The lowest BCUT2D eigenvalue weighted by Crippen LogP contribution is -2.50. The Balaban J connectivity index is 2.40. The Bertz CT molecular complexity index is 400. The fourth-order valence-corrected chi connectivity index (χ4v) is 2.78. The van der Waals surface area contributed by atoms with Gasteiger partial charge in [-0.05, 0) is 50.6 Å². The Labute approximate surface area is 125 Å². The fourth-order valence-electron chi connectivity index (χ4n) is 1.94. The van der Waals surface area contributed by atoms with Gasteiger partial charge < -0.3 is 10.1 Å². The number of nitrogens with one attached hydrogen (secondary N) is 1. The number of hydrogen-bond acceptors (Lipinski definition) is 5. The van der Waals surface area contributed by atoms with Crippen LogP contribution in [-0.4, -0.2) is 35.9 Å². The van der Waals surface area contributed by atoms with Crippen molar-refractivity contribution in [1.29, 1.82) is 0 Å². The highest BCUT2D eigenvalue weighted by Gasteiger charge is 2.32. The summed E-state index contributed by atoms with van der Waals surface area (Å²) in [5.41, 5.74) is -0.580. The smallest absolute Gasteiger partial charge is 0.325 e. The standard InChI is InChI=1S/C15H24N2O2S/c1-4-9-17-15(2,14(18)19-3)8-5-12-20-13-6-10-16-11-7-13/h6-7,10-11,17H,4-5,8-9,12H2,1-3H3. The van der Waals surface area contributed by atoms with E-state index in [0.29, 0.717) is 0 Å². The molecule has 1 atom stereocenters. The van der Waals surface area contributed by atoms with E-state index in [9.17, 15) is 4.79 Å². The van der Waals surface area contributed by atoms with Gasteiger partial charge in [0.2, 0.25) is 0 Å². The number of aromatic nitrogens is 1. The number of ether oxygens (including phenoxy) is 1. The maximum atomic E-state index is 11.9. The van der Waals surface area contributed by atoms with Gasteiger partial charge in [0.05, 0.1) is 7.11 Å². The number of carbonyl (C=O) groups is 1. The monoisotopic (exact) mass is 296 g/mol. The Kier molecular flexibility index (Phi) is 7.62. The third kappa shape index (κ3) is 5.51. The lowest BCUT2D eigenvalue weighted by molar-refractivity contribution is -0.148. The first-order valence-electron chi connectivity index (χ1n) is 6.98. The van der Waals surface area contributed by atoms with E-state index in [1.165, 1.54) is 12.0 Å². The summed E-state index contributed by atoms with van der Waals surface area (Å²) >= 11 is 1.78. The largest absolute Gasteiger partial charge is 0.468 e. The molecule has 0 aliphatic rings. The zero-order valence-corrected chi connectivity index (χ0v) is 13.3. The number of rotatable bonds is 9. The van der Waals surface area contributed by atoms with Gasteiger partial charge in [-0.25, -0.2) is 0 Å². The molecule has 0 saturated carbocycles. The average molecular weight is 296 g/mol. The minimum Gasteiger partial charge on any atom is -0.468 e. The molecule has 1 heterocycles. The lowest BCUT2D eigenvalue weighted by atomic mass is 9.96. The van der Waals surface area contributed by atoms with E-state index < -0.39 is 5.54 Å². The van der Waals surface area contributed by atoms with Crippen LogP contribution in [0.25, 0.3) is 0 Å². The minimum atomic E-state index is -0.580. The molecule has 0 radical (unpaired) electrons. The molecule has 4 nitrogen and oxygen atoms in total. The molecule has 0 aliphatic carbocycles. The van der Waals surface area contributed by atoms with Gasteiger partial charge >= 0.3 is 5.97 Å². The van der Waals surface area contributed by atoms with E-state index in [0.717, 1.165) is 31.6 Å². The van der Waals surface area contributed by atoms with E-state index in [4.69, 9.17) is 4.74 Å². The number of nitrogens with zero attached hydrogens (tertiary/aromatic N) is 1. The van der Waals surface area contributed by atoms with Gasteiger partial charge in [-0.15, -0.1) is 11.8 Å². The zero-order valence-electron chi connectivity index (χ0n) is 12.5. The van der Waals surface area contributed by atoms with E-state index in [-0.39, 0.29) is 5.97 Å². The molecule has 20 heavy (non-hydrogen) atoms. The zero-order chi connectivity index (χ0) is 14.8. The Morgan fingerprint density at radius 1 is 1.45 bits per heavy atom. The summed E-state index contributed by atoms with van der Waals surface area (Å²) in [6, 6.07) is 4.00. The van der Waals surface area contributed by atoms with E-state index in [2.05, 4.69) is 17.2 Å². The highest BCUT2D eigenvalue weighted by molar-refractivity contribution is 7.99. The average Bonchev–Trinajstić information content (AvgIpc) is 2.49. The summed E-state index contributed by atoms with van der Waals surface area (Å²) in [4.78, 5) is 17.1. The summed E-state index contributed by atoms with van der Waals surface area (Å²) in [6.07, 6.45) is 6.32. The van der Waals surface area contributed by atoms with Crippen LogP contribution in [0, 0.1) is 0 Å². The summed E-state index contributed by atoms with van der Waals surface area (Å²) in [5.74, 6) is 0.796. The first-order valence-corrected chi connectivity index (χ1v) is 7.97. The van der Waals surface area contributed by atoms with Crippen LogP contribution in [0.2, 0.25) is 0 Å². The van der Waals surface area contributed by atoms with Crippen molar-refractivity contribution in [2.24, 2.45) is 0 Å².